The maximum atomic E-state index is 10.1. The topological polar surface area (TPSA) is 70.5 Å². The van der Waals surface area contributed by atoms with Gasteiger partial charge in [-0.1, -0.05) is 0 Å². The molecule has 1 fully saturated rings. The minimum Gasteiger partial charge on any atom is -0.460 e. The third-order valence-electron chi connectivity index (χ3n) is 3.53. The number of ether oxygens (including phenoxy) is 1. The first-order chi connectivity index (χ1) is 8.86. The molecule has 7 heteroatoms. The molecule has 102 valence electrons. The molecule has 6 nitrogen and oxygen atoms in total. The lowest BCUT2D eigenvalue weighted by atomic mass is 9.81. The second kappa shape index (κ2) is 4.90. The average Bonchev–Trinajstić information content (AvgIpc) is 2.56. The van der Waals surface area contributed by atoms with E-state index in [9.17, 15) is 4.79 Å². The Labute approximate surface area is 112 Å². The van der Waals surface area contributed by atoms with Crippen molar-refractivity contribution in [2.24, 2.45) is 0 Å². The van der Waals surface area contributed by atoms with Gasteiger partial charge in [0.1, 0.15) is 0 Å². The molecule has 1 aromatic rings. The third-order valence-corrected chi connectivity index (χ3v) is 3.53. The summed E-state index contributed by atoms with van der Waals surface area (Å²) < 4.78 is 16.3. The van der Waals surface area contributed by atoms with E-state index in [1.165, 1.54) is 0 Å². The summed E-state index contributed by atoms with van der Waals surface area (Å²) in [5.41, 5.74) is -0.0398. The van der Waals surface area contributed by atoms with E-state index in [4.69, 9.17) is 9.31 Å². The highest BCUT2D eigenvalue weighted by Crippen LogP contribution is 2.36. The van der Waals surface area contributed by atoms with Crippen LogP contribution in [-0.2, 0) is 25.4 Å². The second-order valence-electron chi connectivity index (χ2n) is 5.43. The smallest absolute Gasteiger partial charge is 0.460 e. The van der Waals surface area contributed by atoms with Crippen LogP contribution in [0.25, 0.3) is 0 Å². The summed E-state index contributed by atoms with van der Waals surface area (Å²) in [7, 11) is -0.481. The highest BCUT2D eigenvalue weighted by Gasteiger charge is 2.51. The molecular weight excluding hydrogens is 247 g/mol. The fourth-order valence-corrected chi connectivity index (χ4v) is 1.65. The summed E-state index contributed by atoms with van der Waals surface area (Å²) in [5, 5.41) is 0. The van der Waals surface area contributed by atoms with E-state index in [0.29, 0.717) is 12.3 Å². The third kappa shape index (κ3) is 2.77. The van der Waals surface area contributed by atoms with Gasteiger partial charge in [-0.25, -0.2) is 9.97 Å². The Morgan fingerprint density at radius 2 is 1.74 bits per heavy atom. The highest BCUT2D eigenvalue weighted by molar-refractivity contribution is 6.61. The van der Waals surface area contributed by atoms with Gasteiger partial charge in [0.05, 0.1) is 11.2 Å². The SMILES string of the molecule is CC1(C)OB(c2cnc(COC=O)nc2)OC1(C)C. The molecule has 1 aromatic heterocycles. The lowest BCUT2D eigenvalue weighted by molar-refractivity contribution is -0.130. The number of carbonyl (C=O) groups excluding carboxylic acids is 1. The first-order valence-corrected chi connectivity index (χ1v) is 6.07. The summed E-state index contributed by atoms with van der Waals surface area (Å²) in [6, 6.07) is 0. The summed E-state index contributed by atoms with van der Waals surface area (Å²) >= 11 is 0. The molecule has 19 heavy (non-hydrogen) atoms. The molecule has 1 aliphatic rings. The van der Waals surface area contributed by atoms with E-state index >= 15 is 0 Å². The molecule has 1 aliphatic heterocycles. The summed E-state index contributed by atoms with van der Waals surface area (Å²) in [5.74, 6) is 0.437. The zero-order valence-electron chi connectivity index (χ0n) is 11.5. The van der Waals surface area contributed by atoms with Gasteiger partial charge in [-0.3, -0.25) is 4.79 Å². The zero-order valence-corrected chi connectivity index (χ0v) is 11.5. The largest absolute Gasteiger partial charge is 0.498 e. The van der Waals surface area contributed by atoms with Crippen LogP contribution in [0.2, 0.25) is 0 Å². The van der Waals surface area contributed by atoms with Gasteiger partial charge in [0.25, 0.3) is 6.47 Å². The number of carbonyl (C=O) groups is 1. The molecule has 0 aliphatic carbocycles. The van der Waals surface area contributed by atoms with Crippen LogP contribution in [0.4, 0.5) is 0 Å². The quantitative estimate of drug-likeness (QED) is 0.580. The van der Waals surface area contributed by atoms with Crippen molar-refractivity contribution in [1.29, 1.82) is 0 Å². The molecule has 0 bridgehead atoms. The van der Waals surface area contributed by atoms with Gasteiger partial charge in [0, 0.05) is 17.9 Å². The van der Waals surface area contributed by atoms with E-state index < -0.39 is 18.3 Å². The maximum Gasteiger partial charge on any atom is 0.498 e. The summed E-state index contributed by atoms with van der Waals surface area (Å²) in [6.45, 7) is 8.37. The Bertz CT molecular complexity index is 445. The van der Waals surface area contributed by atoms with Crippen LogP contribution in [0.5, 0.6) is 0 Å². The van der Waals surface area contributed by atoms with Crippen molar-refractivity contribution in [2.45, 2.75) is 45.5 Å². The number of aromatic nitrogens is 2. The number of nitrogens with zero attached hydrogens (tertiary/aromatic N) is 2. The van der Waals surface area contributed by atoms with Crippen molar-refractivity contribution >= 4 is 19.1 Å². The van der Waals surface area contributed by atoms with E-state index in [-0.39, 0.29) is 6.61 Å². The standard InChI is InChI=1S/C12H17BN2O4/c1-11(2)12(3,4)19-13(18-11)9-5-14-10(15-6-9)7-17-8-16/h5-6,8H,7H2,1-4H3. The number of hydrogen-bond donors (Lipinski definition) is 0. The molecule has 0 spiro atoms. The summed E-state index contributed by atoms with van der Waals surface area (Å²) in [4.78, 5) is 18.3. The molecule has 2 heterocycles. The van der Waals surface area contributed by atoms with Crippen LogP contribution < -0.4 is 5.46 Å². The predicted molar refractivity (Wildman–Crippen MR) is 68.6 cm³/mol. The summed E-state index contributed by atoms with van der Waals surface area (Å²) in [6.07, 6.45) is 3.25. The highest BCUT2D eigenvalue weighted by atomic mass is 16.7. The van der Waals surface area contributed by atoms with Gasteiger partial charge in [-0.05, 0) is 27.7 Å². The van der Waals surface area contributed by atoms with Gasteiger partial charge < -0.3 is 14.0 Å². The van der Waals surface area contributed by atoms with Gasteiger partial charge in [-0.15, -0.1) is 0 Å². The van der Waals surface area contributed by atoms with Crippen molar-refractivity contribution in [3.05, 3.63) is 18.2 Å². The van der Waals surface area contributed by atoms with Crippen molar-refractivity contribution in [3.8, 4) is 0 Å². The first-order valence-electron chi connectivity index (χ1n) is 6.07. The second-order valence-corrected chi connectivity index (χ2v) is 5.43. The Balaban J connectivity index is 2.10. The van der Waals surface area contributed by atoms with Gasteiger partial charge in [0.2, 0.25) is 0 Å². The number of hydrogen-bond acceptors (Lipinski definition) is 6. The van der Waals surface area contributed by atoms with Crippen LogP contribution in [-0.4, -0.2) is 34.8 Å². The predicted octanol–water partition coefficient (Wildman–Crippen LogP) is 0.449. The molecule has 2 rings (SSSR count). The van der Waals surface area contributed by atoms with Crippen LogP contribution >= 0.6 is 0 Å². The molecule has 1 saturated heterocycles. The minimum absolute atomic E-state index is 0.0626. The minimum atomic E-state index is -0.481. The maximum absolute atomic E-state index is 10.1. The monoisotopic (exact) mass is 264 g/mol. The van der Waals surface area contributed by atoms with Crippen molar-refractivity contribution in [3.63, 3.8) is 0 Å². The van der Waals surface area contributed by atoms with E-state index in [1.54, 1.807) is 12.4 Å². The van der Waals surface area contributed by atoms with Crippen LogP contribution in [0, 0.1) is 0 Å². The molecule has 0 aromatic carbocycles. The van der Waals surface area contributed by atoms with E-state index in [1.807, 2.05) is 27.7 Å². The fourth-order valence-electron chi connectivity index (χ4n) is 1.65. The van der Waals surface area contributed by atoms with Crippen LogP contribution in [0.1, 0.15) is 33.5 Å². The van der Waals surface area contributed by atoms with Crippen molar-refractivity contribution in [1.82, 2.24) is 9.97 Å². The molecule has 0 amide bonds. The van der Waals surface area contributed by atoms with Gasteiger partial charge >= 0.3 is 7.12 Å². The normalized spacial score (nSPS) is 20.3. The van der Waals surface area contributed by atoms with E-state index in [2.05, 4.69) is 14.7 Å². The first kappa shape index (κ1) is 14.0. The van der Waals surface area contributed by atoms with E-state index in [0.717, 1.165) is 5.46 Å². The Hall–Kier alpha value is -1.47. The molecule has 0 radical (unpaired) electrons. The Morgan fingerprint density at radius 1 is 1.21 bits per heavy atom. The van der Waals surface area contributed by atoms with Crippen molar-refractivity contribution < 1.29 is 18.8 Å². The Morgan fingerprint density at radius 3 is 2.21 bits per heavy atom. The number of rotatable bonds is 4. The molecular formula is C12H17BN2O4. The lowest BCUT2D eigenvalue weighted by Crippen LogP contribution is -2.41. The molecule has 0 N–H and O–H groups in total. The molecule has 0 saturated carbocycles. The molecule has 0 atom stereocenters. The van der Waals surface area contributed by atoms with Gasteiger partial charge in [-0.2, -0.15) is 0 Å². The van der Waals surface area contributed by atoms with Crippen LogP contribution in [0.3, 0.4) is 0 Å². The zero-order chi connectivity index (χ0) is 14.1. The fraction of sp³-hybridized carbons (Fsp3) is 0.583. The average molecular weight is 264 g/mol. The van der Waals surface area contributed by atoms with Gasteiger partial charge in [0.15, 0.2) is 12.4 Å². The van der Waals surface area contributed by atoms with Crippen molar-refractivity contribution in [2.75, 3.05) is 0 Å². The molecule has 0 unspecified atom stereocenters. The Kier molecular flexibility index (Phi) is 3.60. The van der Waals surface area contributed by atoms with Crippen LogP contribution in [0.15, 0.2) is 12.4 Å². The lowest BCUT2D eigenvalue weighted by Gasteiger charge is -2.32.